The quantitative estimate of drug-likeness (QED) is 0.408. The highest BCUT2D eigenvalue weighted by atomic mass is 19.2. The molecular weight excluding hydrogens is 463 g/mol. The second-order valence-electron chi connectivity index (χ2n) is 9.52. The summed E-state index contributed by atoms with van der Waals surface area (Å²) in [5.41, 5.74) is 1.37. The largest absolute Gasteiger partial charge is 0.479 e. The second kappa shape index (κ2) is 8.39. The minimum absolute atomic E-state index is 0.0738. The van der Waals surface area contributed by atoms with Crippen molar-refractivity contribution in [3.8, 4) is 5.69 Å². The number of aliphatic carboxylic acids is 1. The average molecular weight is 487 g/mol. The summed E-state index contributed by atoms with van der Waals surface area (Å²) in [7, 11) is 1.54. The molecule has 2 aromatic heterocycles. The lowest BCUT2D eigenvalue weighted by Gasteiger charge is -2.29. The van der Waals surface area contributed by atoms with E-state index in [1.807, 2.05) is 13.8 Å². The van der Waals surface area contributed by atoms with Crippen molar-refractivity contribution in [3.63, 3.8) is 0 Å². The molecule has 0 aliphatic carbocycles. The maximum atomic E-state index is 16.1. The summed E-state index contributed by atoms with van der Waals surface area (Å²) >= 11 is 0. The van der Waals surface area contributed by atoms with Crippen LogP contribution in [-0.4, -0.2) is 52.3 Å². The van der Waals surface area contributed by atoms with Crippen LogP contribution in [0.2, 0.25) is 0 Å². The lowest BCUT2D eigenvalue weighted by atomic mass is 9.82. The predicted octanol–water partition coefficient (Wildman–Crippen LogP) is 4.81. The zero-order valence-corrected chi connectivity index (χ0v) is 19.4. The van der Waals surface area contributed by atoms with E-state index in [2.05, 4.69) is 10.2 Å². The number of hydrogen-bond donors (Lipinski definition) is 2. The third-order valence-corrected chi connectivity index (χ3v) is 6.63. The maximum Gasteiger partial charge on any atom is 0.332 e. The number of ether oxygens (including phenoxy) is 2. The summed E-state index contributed by atoms with van der Waals surface area (Å²) in [6, 6.07) is 5.25. The van der Waals surface area contributed by atoms with Gasteiger partial charge in [-0.05, 0) is 30.2 Å². The fraction of sp³-hybridized carbons (Fsp3) is 0.360. The minimum Gasteiger partial charge on any atom is -0.479 e. The molecule has 0 saturated carbocycles. The smallest absolute Gasteiger partial charge is 0.332 e. The Hall–Kier alpha value is -3.37. The molecule has 0 spiro atoms. The van der Waals surface area contributed by atoms with Crippen LogP contribution in [0, 0.1) is 17.5 Å². The molecule has 2 N–H and O–H groups in total. The molecule has 1 aliphatic rings. The first-order chi connectivity index (χ1) is 16.6. The Balaban J connectivity index is 1.92. The monoisotopic (exact) mass is 487 g/mol. The van der Waals surface area contributed by atoms with E-state index in [-0.39, 0.29) is 30.5 Å². The van der Waals surface area contributed by atoms with Gasteiger partial charge in [0.25, 0.3) is 0 Å². The number of nitrogens with one attached hydrogen (secondary N) is 1. The molecule has 5 rings (SSSR count). The Bertz CT molecular complexity index is 1460. The Morgan fingerprint density at radius 1 is 1.29 bits per heavy atom. The number of carboxylic acid groups (broad SMARTS) is 1. The number of rotatable bonds is 6. The molecule has 7 nitrogen and oxygen atoms in total. The Morgan fingerprint density at radius 2 is 2.06 bits per heavy atom. The normalized spacial score (nSPS) is 18.7. The molecule has 0 radical (unpaired) electrons. The van der Waals surface area contributed by atoms with Crippen molar-refractivity contribution in [2.75, 3.05) is 20.3 Å². The van der Waals surface area contributed by atoms with E-state index in [0.29, 0.717) is 27.8 Å². The third kappa shape index (κ3) is 3.68. The van der Waals surface area contributed by atoms with Gasteiger partial charge >= 0.3 is 5.97 Å². The molecular formula is C25H24F3N3O4. The minimum atomic E-state index is -1.09. The van der Waals surface area contributed by atoms with Gasteiger partial charge in [0.15, 0.2) is 23.6 Å². The van der Waals surface area contributed by atoms with Crippen LogP contribution >= 0.6 is 0 Å². The number of fused-ring (bicyclic) bond motifs is 2. The highest BCUT2D eigenvalue weighted by molar-refractivity contribution is 6.00. The van der Waals surface area contributed by atoms with Gasteiger partial charge in [-0.3, -0.25) is 5.10 Å². The number of aromatic amines is 1. The van der Waals surface area contributed by atoms with Gasteiger partial charge in [-0.1, -0.05) is 13.8 Å². The fourth-order valence-corrected chi connectivity index (χ4v) is 5.22. The van der Waals surface area contributed by atoms with E-state index in [9.17, 15) is 18.7 Å². The molecule has 2 aromatic carbocycles. The van der Waals surface area contributed by atoms with Crippen LogP contribution in [0.1, 0.15) is 37.4 Å². The van der Waals surface area contributed by atoms with Crippen molar-refractivity contribution >= 4 is 27.8 Å². The van der Waals surface area contributed by atoms with Crippen molar-refractivity contribution in [1.82, 2.24) is 14.8 Å². The lowest BCUT2D eigenvalue weighted by Crippen LogP contribution is -2.29. The van der Waals surface area contributed by atoms with Crippen LogP contribution in [0.25, 0.3) is 27.5 Å². The molecule has 0 amide bonds. The standard InChI is InChI=1S/C25H24F3N3O4/c1-25(2,11-34-3)23-19(13-7-18(24(32)33)35-10-13)20-17(6-12-9-29-30-22(12)21(20)28)31(23)14-4-5-15(26)16(27)8-14/h4-6,8-9,13,18H,7,10-11H2,1-3H3,(H,29,30)(H,32,33)/t13?,18-/m0/s1. The van der Waals surface area contributed by atoms with Gasteiger partial charge in [-0.25, -0.2) is 18.0 Å². The molecule has 184 valence electrons. The molecule has 1 aliphatic heterocycles. The molecule has 3 heterocycles. The van der Waals surface area contributed by atoms with Gasteiger partial charge in [-0.15, -0.1) is 0 Å². The maximum absolute atomic E-state index is 16.1. The van der Waals surface area contributed by atoms with Gasteiger partial charge in [0.05, 0.1) is 24.9 Å². The van der Waals surface area contributed by atoms with Crippen LogP contribution in [0.15, 0.2) is 30.5 Å². The topological polar surface area (TPSA) is 89.4 Å². The van der Waals surface area contributed by atoms with Gasteiger partial charge in [-0.2, -0.15) is 5.10 Å². The highest BCUT2D eigenvalue weighted by Crippen LogP contribution is 2.46. The van der Waals surface area contributed by atoms with Crippen LogP contribution in [0.3, 0.4) is 0 Å². The van der Waals surface area contributed by atoms with Crippen LogP contribution in [-0.2, 0) is 19.7 Å². The number of carboxylic acids is 1. The zero-order valence-electron chi connectivity index (χ0n) is 19.4. The number of nitrogens with zero attached hydrogens (tertiary/aromatic N) is 2. The first-order valence-electron chi connectivity index (χ1n) is 11.1. The molecule has 10 heteroatoms. The second-order valence-corrected chi connectivity index (χ2v) is 9.52. The summed E-state index contributed by atoms with van der Waals surface area (Å²) in [5.74, 6) is -4.14. The molecule has 1 saturated heterocycles. The number of carbonyl (C=O) groups is 1. The summed E-state index contributed by atoms with van der Waals surface area (Å²) in [6.07, 6.45) is 0.598. The highest BCUT2D eigenvalue weighted by Gasteiger charge is 2.40. The first kappa shape index (κ1) is 23.4. The summed E-state index contributed by atoms with van der Waals surface area (Å²) in [5, 5.41) is 16.9. The Labute approximate surface area is 198 Å². The van der Waals surface area contributed by atoms with E-state index in [4.69, 9.17) is 9.47 Å². The number of H-pyrrole nitrogens is 1. The van der Waals surface area contributed by atoms with E-state index in [1.54, 1.807) is 17.7 Å². The van der Waals surface area contributed by atoms with Gasteiger partial charge in [0.1, 0.15) is 5.52 Å². The van der Waals surface area contributed by atoms with E-state index >= 15 is 4.39 Å². The summed E-state index contributed by atoms with van der Waals surface area (Å²) in [4.78, 5) is 11.6. The SMILES string of the molecule is COCC(C)(C)c1c(C2CO[C@H](C(=O)O)C2)c2c(F)c3[nH]ncc3cc2n1-c1ccc(F)c(F)c1. The fourth-order valence-electron chi connectivity index (χ4n) is 5.22. The molecule has 0 bridgehead atoms. The Morgan fingerprint density at radius 3 is 2.71 bits per heavy atom. The third-order valence-electron chi connectivity index (χ3n) is 6.63. The van der Waals surface area contributed by atoms with Crippen LogP contribution in [0.5, 0.6) is 0 Å². The van der Waals surface area contributed by atoms with Crippen LogP contribution < -0.4 is 0 Å². The van der Waals surface area contributed by atoms with E-state index < -0.39 is 40.9 Å². The van der Waals surface area contributed by atoms with Crippen molar-refractivity contribution in [2.45, 2.75) is 37.7 Å². The number of benzene rings is 2. The van der Waals surface area contributed by atoms with Crippen molar-refractivity contribution < 1.29 is 32.5 Å². The van der Waals surface area contributed by atoms with Crippen LogP contribution in [0.4, 0.5) is 13.2 Å². The first-order valence-corrected chi connectivity index (χ1v) is 11.1. The van der Waals surface area contributed by atoms with Crippen molar-refractivity contribution in [1.29, 1.82) is 0 Å². The van der Waals surface area contributed by atoms with Gasteiger partial charge in [0.2, 0.25) is 0 Å². The number of methoxy groups -OCH3 is 1. The van der Waals surface area contributed by atoms with E-state index in [1.165, 1.54) is 12.3 Å². The van der Waals surface area contributed by atoms with Gasteiger partial charge < -0.3 is 19.1 Å². The molecule has 35 heavy (non-hydrogen) atoms. The molecule has 1 fully saturated rings. The zero-order chi connectivity index (χ0) is 25.1. The van der Waals surface area contributed by atoms with E-state index in [0.717, 1.165) is 12.1 Å². The Kier molecular flexibility index (Phi) is 5.60. The molecule has 4 aromatic rings. The number of aromatic nitrogens is 3. The van der Waals surface area contributed by atoms with Crippen molar-refractivity contribution in [3.05, 3.63) is 59.2 Å². The lowest BCUT2D eigenvalue weighted by molar-refractivity contribution is -0.147. The van der Waals surface area contributed by atoms with Crippen molar-refractivity contribution in [2.24, 2.45) is 0 Å². The average Bonchev–Trinajstić information content (AvgIpc) is 3.52. The molecule has 2 atom stereocenters. The summed E-state index contributed by atoms with van der Waals surface area (Å²) < 4.78 is 57.0. The number of halogens is 3. The summed E-state index contributed by atoms with van der Waals surface area (Å²) in [6.45, 7) is 4.11. The number of hydrogen-bond acceptors (Lipinski definition) is 4. The predicted molar refractivity (Wildman–Crippen MR) is 122 cm³/mol. The van der Waals surface area contributed by atoms with Gasteiger partial charge in [0, 0.05) is 46.7 Å². The molecule has 1 unspecified atom stereocenters.